The maximum Gasteiger partial charge on any atom is 0.248 e. The summed E-state index contributed by atoms with van der Waals surface area (Å²) in [6.07, 6.45) is 4.11. The fraction of sp³-hybridized carbons (Fsp3) is 0.167. The van der Waals surface area contributed by atoms with Gasteiger partial charge in [0.15, 0.2) is 0 Å². The predicted molar refractivity (Wildman–Crippen MR) is 89.7 cm³/mol. The maximum absolute atomic E-state index is 12.1. The monoisotopic (exact) mass is 299 g/mol. The lowest BCUT2D eigenvalue weighted by atomic mass is 10.1. The molecule has 2 nitrogen and oxygen atoms in total. The number of amides is 1. The van der Waals surface area contributed by atoms with Gasteiger partial charge in [0.25, 0.3) is 0 Å². The van der Waals surface area contributed by atoms with Crippen LogP contribution in [0.15, 0.2) is 48.5 Å². The first kappa shape index (κ1) is 15.3. The Morgan fingerprint density at radius 2 is 1.95 bits per heavy atom. The Bertz CT molecular complexity index is 677. The first-order chi connectivity index (χ1) is 10.1. The summed E-state index contributed by atoms with van der Waals surface area (Å²) in [5.74, 6) is -0.154. The Balaban J connectivity index is 2.14. The largest absolute Gasteiger partial charge is 0.322 e. The first-order valence-corrected chi connectivity index (χ1v) is 7.31. The maximum atomic E-state index is 12.1. The molecule has 0 heterocycles. The van der Waals surface area contributed by atoms with Gasteiger partial charge in [-0.2, -0.15) is 0 Å². The molecule has 0 saturated heterocycles. The number of para-hydroxylation sites is 1. The van der Waals surface area contributed by atoms with Gasteiger partial charge in [-0.25, -0.2) is 0 Å². The number of carbonyl (C=O) groups excluding carboxylic acids is 1. The van der Waals surface area contributed by atoms with Gasteiger partial charge in [-0.1, -0.05) is 54.9 Å². The molecule has 21 heavy (non-hydrogen) atoms. The van der Waals surface area contributed by atoms with Gasteiger partial charge in [0.2, 0.25) is 5.91 Å². The van der Waals surface area contributed by atoms with Crippen molar-refractivity contribution in [3.8, 4) is 0 Å². The summed E-state index contributed by atoms with van der Waals surface area (Å²) in [5.41, 5.74) is 3.92. The summed E-state index contributed by atoms with van der Waals surface area (Å²) in [4.78, 5) is 12.1. The zero-order valence-electron chi connectivity index (χ0n) is 12.2. The number of hydrogen-bond donors (Lipinski definition) is 1. The highest BCUT2D eigenvalue weighted by Gasteiger charge is 2.06. The van der Waals surface area contributed by atoms with E-state index in [4.69, 9.17) is 11.6 Å². The normalized spacial score (nSPS) is 10.8. The molecular formula is C18H18ClNO. The highest BCUT2D eigenvalue weighted by Crippen LogP contribution is 2.21. The number of carbonyl (C=O) groups is 1. The highest BCUT2D eigenvalue weighted by atomic mass is 35.5. The van der Waals surface area contributed by atoms with Crippen LogP contribution in [-0.2, 0) is 11.2 Å². The van der Waals surface area contributed by atoms with Crippen molar-refractivity contribution in [2.75, 3.05) is 5.32 Å². The van der Waals surface area contributed by atoms with Crippen LogP contribution in [0.25, 0.3) is 6.08 Å². The van der Waals surface area contributed by atoms with Gasteiger partial charge < -0.3 is 5.32 Å². The zero-order chi connectivity index (χ0) is 15.2. The molecule has 1 N–H and O–H groups in total. The van der Waals surface area contributed by atoms with Crippen LogP contribution in [-0.4, -0.2) is 5.91 Å². The summed E-state index contributed by atoms with van der Waals surface area (Å²) in [6.45, 7) is 4.07. The third-order valence-corrected chi connectivity index (χ3v) is 3.65. The molecule has 0 saturated carbocycles. The molecule has 2 rings (SSSR count). The van der Waals surface area contributed by atoms with Crippen molar-refractivity contribution in [3.63, 3.8) is 0 Å². The van der Waals surface area contributed by atoms with Gasteiger partial charge in [0, 0.05) is 16.8 Å². The molecule has 2 aromatic rings. The Hall–Kier alpha value is -2.06. The lowest BCUT2D eigenvalue weighted by Gasteiger charge is -2.11. The molecule has 3 heteroatoms. The molecule has 0 bridgehead atoms. The second kappa shape index (κ2) is 7.09. The lowest BCUT2D eigenvalue weighted by molar-refractivity contribution is -0.111. The standard InChI is InChI=1S/C18H18ClNO/c1-3-14-9-6-7-13(2)18(14)20-17(21)12-11-15-8-4-5-10-16(15)19/h4-12H,3H2,1-2H3,(H,20,21). The number of benzene rings is 2. The predicted octanol–water partition coefficient (Wildman–Crippen LogP) is 4.86. The minimum Gasteiger partial charge on any atom is -0.322 e. The van der Waals surface area contributed by atoms with Crippen molar-refractivity contribution in [2.24, 2.45) is 0 Å². The van der Waals surface area contributed by atoms with Crippen molar-refractivity contribution < 1.29 is 4.79 Å². The number of rotatable bonds is 4. The van der Waals surface area contributed by atoms with Crippen molar-refractivity contribution >= 4 is 29.3 Å². The van der Waals surface area contributed by atoms with E-state index in [1.54, 1.807) is 12.1 Å². The van der Waals surface area contributed by atoms with Crippen molar-refractivity contribution in [1.82, 2.24) is 0 Å². The fourth-order valence-electron chi connectivity index (χ4n) is 2.14. The highest BCUT2D eigenvalue weighted by molar-refractivity contribution is 6.32. The molecular weight excluding hydrogens is 282 g/mol. The average molecular weight is 300 g/mol. The lowest BCUT2D eigenvalue weighted by Crippen LogP contribution is -2.11. The minimum absolute atomic E-state index is 0.154. The molecule has 0 aromatic heterocycles. The van der Waals surface area contributed by atoms with E-state index >= 15 is 0 Å². The molecule has 0 aliphatic rings. The van der Waals surface area contributed by atoms with Crippen molar-refractivity contribution in [3.05, 3.63) is 70.3 Å². The molecule has 0 radical (unpaired) electrons. The number of anilines is 1. The summed E-state index contributed by atoms with van der Waals surface area (Å²) in [6, 6.07) is 13.4. The molecule has 2 aromatic carbocycles. The number of hydrogen-bond acceptors (Lipinski definition) is 1. The summed E-state index contributed by atoms with van der Waals surface area (Å²) < 4.78 is 0. The molecule has 0 spiro atoms. The van der Waals surface area contributed by atoms with Gasteiger partial charge in [-0.3, -0.25) is 4.79 Å². The van der Waals surface area contributed by atoms with Crippen LogP contribution in [0, 0.1) is 6.92 Å². The Morgan fingerprint density at radius 1 is 1.19 bits per heavy atom. The van der Waals surface area contributed by atoms with E-state index in [0.717, 1.165) is 28.8 Å². The van der Waals surface area contributed by atoms with Gasteiger partial charge >= 0.3 is 0 Å². The van der Waals surface area contributed by atoms with Crippen LogP contribution in [0.4, 0.5) is 5.69 Å². The Kier molecular flexibility index (Phi) is 5.18. The van der Waals surface area contributed by atoms with E-state index in [-0.39, 0.29) is 5.91 Å². The molecule has 0 aliphatic heterocycles. The summed E-state index contributed by atoms with van der Waals surface area (Å²) >= 11 is 6.06. The van der Waals surface area contributed by atoms with E-state index in [1.807, 2.05) is 43.3 Å². The van der Waals surface area contributed by atoms with E-state index in [1.165, 1.54) is 6.08 Å². The second-order valence-corrected chi connectivity index (χ2v) is 5.21. The minimum atomic E-state index is -0.154. The van der Waals surface area contributed by atoms with Crippen LogP contribution in [0.5, 0.6) is 0 Å². The van der Waals surface area contributed by atoms with Crippen LogP contribution in [0.1, 0.15) is 23.6 Å². The zero-order valence-corrected chi connectivity index (χ0v) is 12.9. The van der Waals surface area contributed by atoms with Crippen molar-refractivity contribution in [2.45, 2.75) is 20.3 Å². The molecule has 0 unspecified atom stereocenters. The van der Waals surface area contributed by atoms with E-state index in [9.17, 15) is 4.79 Å². The molecule has 0 atom stereocenters. The molecule has 108 valence electrons. The van der Waals surface area contributed by atoms with Crippen LogP contribution >= 0.6 is 11.6 Å². The number of aryl methyl sites for hydroxylation is 2. The van der Waals surface area contributed by atoms with E-state index in [0.29, 0.717) is 5.02 Å². The molecule has 1 amide bonds. The topological polar surface area (TPSA) is 29.1 Å². The van der Waals surface area contributed by atoms with Gasteiger partial charge in [-0.15, -0.1) is 0 Å². The SMILES string of the molecule is CCc1cccc(C)c1NC(=O)C=Cc1ccccc1Cl. The summed E-state index contributed by atoms with van der Waals surface area (Å²) in [7, 11) is 0. The molecule has 0 fully saturated rings. The van der Waals surface area contributed by atoms with Crippen LogP contribution in [0.3, 0.4) is 0 Å². The van der Waals surface area contributed by atoms with Crippen molar-refractivity contribution in [1.29, 1.82) is 0 Å². The van der Waals surface area contributed by atoms with E-state index in [2.05, 4.69) is 12.2 Å². The first-order valence-electron chi connectivity index (χ1n) is 6.94. The van der Waals surface area contributed by atoms with Gasteiger partial charge in [-0.05, 0) is 42.2 Å². The van der Waals surface area contributed by atoms with Gasteiger partial charge in [0.1, 0.15) is 0 Å². The van der Waals surface area contributed by atoms with E-state index < -0.39 is 0 Å². The molecule has 0 aliphatic carbocycles. The number of nitrogens with one attached hydrogen (secondary N) is 1. The third-order valence-electron chi connectivity index (χ3n) is 3.31. The average Bonchev–Trinajstić information content (AvgIpc) is 2.48. The second-order valence-electron chi connectivity index (χ2n) is 4.81. The fourth-order valence-corrected chi connectivity index (χ4v) is 2.34. The third kappa shape index (κ3) is 3.96. The van der Waals surface area contributed by atoms with Gasteiger partial charge in [0.05, 0.1) is 0 Å². The Labute approximate surface area is 130 Å². The quantitative estimate of drug-likeness (QED) is 0.802. The van der Waals surface area contributed by atoms with Crippen LogP contribution in [0.2, 0.25) is 5.02 Å². The Morgan fingerprint density at radius 3 is 2.67 bits per heavy atom. The smallest absolute Gasteiger partial charge is 0.248 e. The summed E-state index contributed by atoms with van der Waals surface area (Å²) in [5, 5.41) is 3.58. The number of halogens is 1. The van der Waals surface area contributed by atoms with Crippen LogP contribution < -0.4 is 5.32 Å².